The molecule has 0 unspecified atom stereocenters. The van der Waals surface area contributed by atoms with Gasteiger partial charge in [0.1, 0.15) is 0 Å². The lowest BCUT2D eigenvalue weighted by Crippen LogP contribution is -2.40. The molecule has 0 radical (unpaired) electrons. The van der Waals surface area contributed by atoms with Gasteiger partial charge in [-0.15, -0.1) is 0 Å². The number of benzene rings is 2. The summed E-state index contributed by atoms with van der Waals surface area (Å²) in [7, 11) is -2.16. The molecular formula is C21H25N3O4S. The monoisotopic (exact) mass is 415 g/mol. The van der Waals surface area contributed by atoms with Gasteiger partial charge >= 0.3 is 0 Å². The van der Waals surface area contributed by atoms with Crippen LogP contribution in [0.25, 0.3) is 0 Å². The number of nitrogens with one attached hydrogen (secondary N) is 2. The maximum absolute atomic E-state index is 13.0. The van der Waals surface area contributed by atoms with Gasteiger partial charge in [0.25, 0.3) is 11.8 Å². The average molecular weight is 416 g/mol. The summed E-state index contributed by atoms with van der Waals surface area (Å²) in [4.78, 5) is 27.0. The minimum absolute atomic E-state index is 0.183. The molecule has 0 fully saturated rings. The van der Waals surface area contributed by atoms with Crippen LogP contribution in [0.3, 0.4) is 0 Å². The number of hydrogen-bond acceptors (Lipinski definition) is 4. The molecule has 0 saturated carbocycles. The van der Waals surface area contributed by atoms with Gasteiger partial charge in [0, 0.05) is 28.9 Å². The fourth-order valence-electron chi connectivity index (χ4n) is 3.21. The van der Waals surface area contributed by atoms with Crippen molar-refractivity contribution in [2.24, 2.45) is 0 Å². The first-order chi connectivity index (χ1) is 13.5. The molecule has 8 heteroatoms. The van der Waals surface area contributed by atoms with Gasteiger partial charge < -0.3 is 10.2 Å². The van der Waals surface area contributed by atoms with E-state index >= 15 is 0 Å². The SMILES string of the molecule is CNS(=O)(=O)c1ccc2c(c1)CCN2C(=O)c1ccc(C(=O)NC(C)(C)C)cc1. The van der Waals surface area contributed by atoms with E-state index in [2.05, 4.69) is 10.0 Å². The average Bonchev–Trinajstić information content (AvgIpc) is 3.09. The summed E-state index contributed by atoms with van der Waals surface area (Å²) in [5, 5.41) is 2.89. The molecule has 0 atom stereocenters. The number of rotatable bonds is 4. The fourth-order valence-corrected chi connectivity index (χ4v) is 3.99. The van der Waals surface area contributed by atoms with E-state index < -0.39 is 10.0 Å². The zero-order valence-electron chi connectivity index (χ0n) is 16.9. The van der Waals surface area contributed by atoms with Gasteiger partial charge in [0.05, 0.1) is 4.90 Å². The predicted octanol–water partition coefficient (Wildman–Crippen LogP) is 2.33. The Labute approximate surface area is 171 Å². The molecule has 0 saturated heterocycles. The van der Waals surface area contributed by atoms with Crippen molar-refractivity contribution in [3.63, 3.8) is 0 Å². The lowest BCUT2D eigenvalue weighted by atomic mass is 10.1. The normalized spacial score (nSPS) is 13.9. The van der Waals surface area contributed by atoms with E-state index in [1.165, 1.54) is 13.1 Å². The van der Waals surface area contributed by atoms with Crippen molar-refractivity contribution in [1.82, 2.24) is 10.0 Å². The molecule has 0 aliphatic carbocycles. The van der Waals surface area contributed by atoms with Crippen molar-refractivity contribution < 1.29 is 18.0 Å². The maximum atomic E-state index is 13.0. The first-order valence-corrected chi connectivity index (χ1v) is 10.8. The number of carbonyl (C=O) groups is 2. The molecular weight excluding hydrogens is 390 g/mol. The van der Waals surface area contributed by atoms with Gasteiger partial charge in [0.15, 0.2) is 0 Å². The van der Waals surface area contributed by atoms with E-state index in [0.717, 1.165) is 5.56 Å². The zero-order chi connectivity index (χ0) is 21.4. The van der Waals surface area contributed by atoms with Crippen molar-refractivity contribution >= 4 is 27.5 Å². The minimum atomic E-state index is -3.53. The van der Waals surface area contributed by atoms with E-state index in [4.69, 9.17) is 0 Å². The second kappa shape index (κ2) is 7.61. The van der Waals surface area contributed by atoms with Gasteiger partial charge in [-0.05, 0) is 82.3 Å². The molecule has 3 rings (SSSR count). The van der Waals surface area contributed by atoms with Crippen molar-refractivity contribution in [1.29, 1.82) is 0 Å². The molecule has 7 nitrogen and oxygen atoms in total. The molecule has 154 valence electrons. The standard InChI is InChI=1S/C21H25N3O4S/c1-21(2,3)23-19(25)14-5-7-15(8-6-14)20(26)24-12-11-16-13-17(9-10-18(16)24)29(27,28)22-4/h5-10,13,22H,11-12H2,1-4H3,(H,23,25). The Morgan fingerprint density at radius 3 is 2.21 bits per heavy atom. The number of sulfonamides is 1. The summed E-state index contributed by atoms with van der Waals surface area (Å²) in [5.74, 6) is -0.378. The summed E-state index contributed by atoms with van der Waals surface area (Å²) in [5.41, 5.74) is 2.14. The van der Waals surface area contributed by atoms with Crippen molar-refractivity contribution in [2.45, 2.75) is 37.6 Å². The van der Waals surface area contributed by atoms with Crippen LogP contribution in [-0.2, 0) is 16.4 Å². The van der Waals surface area contributed by atoms with Crippen molar-refractivity contribution in [3.05, 3.63) is 59.2 Å². The summed E-state index contributed by atoms with van der Waals surface area (Å²) in [6.07, 6.45) is 0.584. The minimum Gasteiger partial charge on any atom is -0.347 e. The van der Waals surface area contributed by atoms with Crippen LogP contribution < -0.4 is 14.9 Å². The highest BCUT2D eigenvalue weighted by atomic mass is 32.2. The van der Waals surface area contributed by atoms with Crippen LogP contribution in [0, 0.1) is 0 Å². The highest BCUT2D eigenvalue weighted by Crippen LogP contribution is 2.31. The lowest BCUT2D eigenvalue weighted by Gasteiger charge is -2.21. The molecule has 1 heterocycles. The summed E-state index contributed by atoms with van der Waals surface area (Å²) < 4.78 is 26.3. The molecule has 2 amide bonds. The Kier molecular flexibility index (Phi) is 5.51. The van der Waals surface area contributed by atoms with Gasteiger partial charge in [0.2, 0.25) is 10.0 Å². The number of anilines is 1. The van der Waals surface area contributed by atoms with E-state index in [1.807, 2.05) is 20.8 Å². The maximum Gasteiger partial charge on any atom is 0.258 e. The molecule has 2 aromatic rings. The summed E-state index contributed by atoms with van der Waals surface area (Å²) in [6, 6.07) is 11.3. The third-order valence-corrected chi connectivity index (χ3v) is 6.07. The van der Waals surface area contributed by atoms with Crippen LogP contribution in [0.4, 0.5) is 5.69 Å². The highest BCUT2D eigenvalue weighted by molar-refractivity contribution is 7.89. The van der Waals surface area contributed by atoms with E-state index in [1.54, 1.807) is 41.3 Å². The summed E-state index contributed by atoms with van der Waals surface area (Å²) in [6.45, 7) is 6.19. The second-order valence-corrected chi connectivity index (χ2v) is 9.87. The third kappa shape index (κ3) is 4.49. The van der Waals surface area contributed by atoms with Crippen LogP contribution in [0.15, 0.2) is 47.4 Å². The van der Waals surface area contributed by atoms with E-state index in [9.17, 15) is 18.0 Å². The Morgan fingerprint density at radius 2 is 1.62 bits per heavy atom. The van der Waals surface area contributed by atoms with Crippen LogP contribution in [0.5, 0.6) is 0 Å². The third-order valence-electron chi connectivity index (χ3n) is 4.65. The van der Waals surface area contributed by atoms with Crippen molar-refractivity contribution in [2.75, 3.05) is 18.5 Å². The Balaban J connectivity index is 1.80. The first kappa shape index (κ1) is 21.0. The molecule has 29 heavy (non-hydrogen) atoms. The van der Waals surface area contributed by atoms with Crippen LogP contribution in [-0.4, -0.2) is 39.4 Å². The number of fused-ring (bicyclic) bond motifs is 1. The largest absolute Gasteiger partial charge is 0.347 e. The van der Waals surface area contributed by atoms with Crippen LogP contribution in [0.2, 0.25) is 0 Å². The predicted molar refractivity (Wildman–Crippen MR) is 112 cm³/mol. The Hall–Kier alpha value is -2.71. The molecule has 1 aliphatic heterocycles. The number of nitrogens with zero attached hydrogens (tertiary/aromatic N) is 1. The summed E-state index contributed by atoms with van der Waals surface area (Å²) >= 11 is 0. The van der Waals surface area contributed by atoms with Gasteiger partial charge in [-0.25, -0.2) is 13.1 Å². The van der Waals surface area contributed by atoms with Crippen molar-refractivity contribution in [3.8, 4) is 0 Å². The molecule has 0 bridgehead atoms. The lowest BCUT2D eigenvalue weighted by molar-refractivity contribution is 0.0917. The zero-order valence-corrected chi connectivity index (χ0v) is 17.8. The van der Waals surface area contributed by atoms with Gasteiger partial charge in [-0.1, -0.05) is 0 Å². The fraction of sp³-hybridized carbons (Fsp3) is 0.333. The van der Waals surface area contributed by atoms with Gasteiger partial charge in [-0.2, -0.15) is 0 Å². The molecule has 2 aromatic carbocycles. The number of hydrogen-bond donors (Lipinski definition) is 2. The Bertz CT molecular complexity index is 1050. The topological polar surface area (TPSA) is 95.6 Å². The van der Waals surface area contributed by atoms with Crippen LogP contribution in [0.1, 0.15) is 47.1 Å². The molecule has 0 aromatic heterocycles. The molecule has 0 spiro atoms. The van der Waals surface area contributed by atoms with E-state index in [0.29, 0.717) is 29.8 Å². The van der Waals surface area contributed by atoms with Gasteiger partial charge in [-0.3, -0.25) is 9.59 Å². The number of carbonyl (C=O) groups excluding carboxylic acids is 2. The highest BCUT2D eigenvalue weighted by Gasteiger charge is 2.27. The second-order valence-electron chi connectivity index (χ2n) is 7.99. The first-order valence-electron chi connectivity index (χ1n) is 9.33. The Morgan fingerprint density at radius 1 is 1.00 bits per heavy atom. The smallest absolute Gasteiger partial charge is 0.258 e. The van der Waals surface area contributed by atoms with E-state index in [-0.39, 0.29) is 22.2 Å². The number of amides is 2. The molecule has 1 aliphatic rings. The quantitative estimate of drug-likeness (QED) is 0.801. The van der Waals surface area contributed by atoms with Crippen LogP contribution >= 0.6 is 0 Å². The molecule has 2 N–H and O–H groups in total.